The zero-order valence-electron chi connectivity index (χ0n) is 13.0. The third-order valence-electron chi connectivity index (χ3n) is 4.13. The van der Waals surface area contributed by atoms with E-state index in [4.69, 9.17) is 11.6 Å². The molecule has 0 radical (unpaired) electrons. The van der Waals surface area contributed by atoms with Gasteiger partial charge in [0.2, 0.25) is 11.6 Å². The number of fused-ring (bicyclic) bond motifs is 2. The van der Waals surface area contributed by atoms with E-state index < -0.39 is 16.5 Å². The van der Waals surface area contributed by atoms with Crippen LogP contribution in [-0.2, 0) is 0 Å². The van der Waals surface area contributed by atoms with Crippen molar-refractivity contribution in [1.82, 2.24) is 9.97 Å². The fourth-order valence-electron chi connectivity index (χ4n) is 3.01. The van der Waals surface area contributed by atoms with Crippen LogP contribution in [0, 0.1) is 10.1 Å². The lowest BCUT2D eigenvalue weighted by molar-refractivity contribution is -0.384. The number of rotatable bonds is 2. The average molecular weight is 366 g/mol. The molecule has 0 saturated carbocycles. The Kier molecular flexibility index (Phi) is 3.59. The van der Waals surface area contributed by atoms with E-state index in [9.17, 15) is 19.7 Å². The first-order valence-electron chi connectivity index (χ1n) is 7.47. The molecule has 1 aromatic carbocycles. The lowest BCUT2D eigenvalue weighted by Crippen LogP contribution is -2.24. The number of ketones is 2. The first kappa shape index (κ1) is 16.0. The summed E-state index contributed by atoms with van der Waals surface area (Å²) >= 11 is 6.06. The molecule has 2 aromatic heterocycles. The van der Waals surface area contributed by atoms with Crippen LogP contribution in [0.2, 0.25) is 5.02 Å². The van der Waals surface area contributed by atoms with Crippen molar-refractivity contribution in [2.75, 3.05) is 0 Å². The number of nitrogens with zero attached hydrogens (tertiary/aromatic N) is 3. The van der Waals surface area contributed by atoms with Crippen molar-refractivity contribution in [2.45, 2.75) is 0 Å². The number of carbonyl (C=O) groups excluding carboxylic acids is 2. The van der Waals surface area contributed by atoms with Crippen molar-refractivity contribution in [1.29, 1.82) is 0 Å². The van der Waals surface area contributed by atoms with Crippen molar-refractivity contribution >= 4 is 28.9 Å². The van der Waals surface area contributed by atoms with Crippen LogP contribution < -0.4 is 0 Å². The zero-order chi connectivity index (χ0) is 18.4. The van der Waals surface area contributed by atoms with Gasteiger partial charge in [0, 0.05) is 24.0 Å². The first-order chi connectivity index (χ1) is 12.5. The molecule has 7 nitrogen and oxygen atoms in total. The van der Waals surface area contributed by atoms with Gasteiger partial charge < -0.3 is 0 Å². The standard InChI is InChI=1S/C18H8ClN3O4/c19-11-6-8-21-16-14(11)18(24)15-13(17(16)23)10(5-7-20-15)9-3-1-2-4-12(9)22(25)26/h1-8H. The van der Waals surface area contributed by atoms with Crippen LogP contribution in [-0.4, -0.2) is 26.5 Å². The molecule has 8 heteroatoms. The van der Waals surface area contributed by atoms with Gasteiger partial charge in [0.05, 0.1) is 26.6 Å². The maximum absolute atomic E-state index is 13.0. The van der Waals surface area contributed by atoms with Crippen LogP contribution in [0.4, 0.5) is 5.69 Å². The molecule has 0 unspecified atom stereocenters. The summed E-state index contributed by atoms with van der Waals surface area (Å²) in [6.07, 6.45) is 2.67. The second kappa shape index (κ2) is 5.82. The van der Waals surface area contributed by atoms with E-state index in [-0.39, 0.29) is 44.4 Å². The number of benzene rings is 1. The molecule has 0 N–H and O–H groups in total. The van der Waals surface area contributed by atoms with E-state index >= 15 is 0 Å². The summed E-state index contributed by atoms with van der Waals surface area (Å²) < 4.78 is 0. The molecule has 0 aliphatic heterocycles. The molecule has 2 heterocycles. The Morgan fingerprint density at radius 1 is 0.846 bits per heavy atom. The van der Waals surface area contributed by atoms with Gasteiger partial charge in [0.1, 0.15) is 11.4 Å². The van der Waals surface area contributed by atoms with Crippen LogP contribution in [0.3, 0.4) is 0 Å². The number of pyridine rings is 2. The molecule has 0 spiro atoms. The molecule has 4 rings (SSSR count). The summed E-state index contributed by atoms with van der Waals surface area (Å²) in [5, 5.41) is 11.5. The van der Waals surface area contributed by atoms with Gasteiger partial charge in [-0.3, -0.25) is 29.7 Å². The minimum Gasteiger partial charge on any atom is -0.287 e. The summed E-state index contributed by atoms with van der Waals surface area (Å²) in [6, 6.07) is 8.89. The number of para-hydroxylation sites is 1. The minimum absolute atomic E-state index is 0.00104. The van der Waals surface area contributed by atoms with Gasteiger partial charge in [0.15, 0.2) is 0 Å². The van der Waals surface area contributed by atoms with E-state index in [1.54, 1.807) is 6.07 Å². The van der Waals surface area contributed by atoms with Gasteiger partial charge in [-0.2, -0.15) is 0 Å². The van der Waals surface area contributed by atoms with Crippen LogP contribution in [0.5, 0.6) is 0 Å². The number of nitro groups is 1. The minimum atomic E-state index is -0.543. The Morgan fingerprint density at radius 2 is 1.46 bits per heavy atom. The van der Waals surface area contributed by atoms with Crippen molar-refractivity contribution < 1.29 is 14.5 Å². The van der Waals surface area contributed by atoms with Crippen molar-refractivity contribution in [3.05, 3.63) is 86.4 Å². The fraction of sp³-hybridized carbons (Fsp3) is 0. The molecule has 0 saturated heterocycles. The zero-order valence-corrected chi connectivity index (χ0v) is 13.7. The van der Waals surface area contributed by atoms with E-state index in [1.165, 1.54) is 42.7 Å². The second-order valence-electron chi connectivity index (χ2n) is 5.53. The molecular weight excluding hydrogens is 358 g/mol. The first-order valence-corrected chi connectivity index (χ1v) is 7.85. The predicted molar refractivity (Wildman–Crippen MR) is 92.4 cm³/mol. The lowest BCUT2D eigenvalue weighted by Gasteiger charge is -2.19. The van der Waals surface area contributed by atoms with Gasteiger partial charge in [0.25, 0.3) is 5.69 Å². The van der Waals surface area contributed by atoms with Gasteiger partial charge in [-0.25, -0.2) is 0 Å². The van der Waals surface area contributed by atoms with Gasteiger partial charge in [-0.1, -0.05) is 23.7 Å². The number of aromatic nitrogens is 2. The number of carbonyl (C=O) groups is 2. The molecule has 3 aromatic rings. The van der Waals surface area contributed by atoms with Gasteiger partial charge in [-0.15, -0.1) is 0 Å². The third kappa shape index (κ3) is 2.21. The fourth-order valence-corrected chi connectivity index (χ4v) is 3.24. The Labute approximate surface area is 151 Å². The highest BCUT2D eigenvalue weighted by molar-refractivity contribution is 6.39. The summed E-state index contributed by atoms with van der Waals surface area (Å²) in [5.74, 6) is -1.08. The normalized spacial score (nSPS) is 12.5. The number of nitro benzene ring substituents is 1. The molecule has 0 bridgehead atoms. The third-order valence-corrected chi connectivity index (χ3v) is 4.44. The SMILES string of the molecule is O=C1c2nccc(-c3ccccc3[N+](=O)[O-])c2C(=O)c2nccc(Cl)c21. The molecule has 26 heavy (non-hydrogen) atoms. The molecule has 1 aliphatic rings. The smallest absolute Gasteiger partial charge is 0.277 e. The van der Waals surface area contributed by atoms with Crippen molar-refractivity contribution in [3.8, 4) is 11.1 Å². The van der Waals surface area contributed by atoms with Crippen LogP contribution >= 0.6 is 11.6 Å². The van der Waals surface area contributed by atoms with Crippen LogP contribution in [0.1, 0.15) is 32.1 Å². The van der Waals surface area contributed by atoms with E-state index in [0.29, 0.717) is 0 Å². The number of hydrogen-bond donors (Lipinski definition) is 0. The predicted octanol–water partition coefficient (Wildman–Crippen LogP) is 3.48. The van der Waals surface area contributed by atoms with Crippen LogP contribution in [0.25, 0.3) is 11.1 Å². The molecule has 1 aliphatic carbocycles. The highest BCUT2D eigenvalue weighted by Crippen LogP contribution is 2.37. The lowest BCUT2D eigenvalue weighted by atomic mass is 9.85. The van der Waals surface area contributed by atoms with Crippen molar-refractivity contribution in [3.63, 3.8) is 0 Å². The van der Waals surface area contributed by atoms with E-state index in [0.717, 1.165) is 0 Å². The van der Waals surface area contributed by atoms with Gasteiger partial charge in [-0.05, 0) is 18.2 Å². The quantitative estimate of drug-likeness (QED) is 0.398. The van der Waals surface area contributed by atoms with Crippen molar-refractivity contribution in [2.24, 2.45) is 0 Å². The van der Waals surface area contributed by atoms with E-state index in [1.807, 2.05) is 0 Å². The number of halogens is 1. The highest BCUT2D eigenvalue weighted by Gasteiger charge is 2.36. The average Bonchev–Trinajstić information content (AvgIpc) is 2.65. The van der Waals surface area contributed by atoms with Gasteiger partial charge >= 0.3 is 0 Å². The Morgan fingerprint density at radius 3 is 2.19 bits per heavy atom. The summed E-state index contributed by atoms with van der Waals surface area (Å²) in [4.78, 5) is 44.6. The largest absolute Gasteiger partial charge is 0.287 e. The highest BCUT2D eigenvalue weighted by atomic mass is 35.5. The maximum Gasteiger partial charge on any atom is 0.277 e. The Balaban J connectivity index is 2.04. The monoisotopic (exact) mass is 365 g/mol. The molecule has 0 fully saturated rings. The van der Waals surface area contributed by atoms with Crippen LogP contribution in [0.15, 0.2) is 48.8 Å². The molecule has 126 valence electrons. The maximum atomic E-state index is 13.0. The Bertz CT molecular complexity index is 1130. The molecule has 0 atom stereocenters. The second-order valence-corrected chi connectivity index (χ2v) is 5.94. The summed E-state index contributed by atoms with van der Waals surface area (Å²) in [7, 11) is 0. The van der Waals surface area contributed by atoms with E-state index in [2.05, 4.69) is 9.97 Å². The number of hydrogen-bond acceptors (Lipinski definition) is 6. The molecular formula is C18H8ClN3O4. The summed E-state index contributed by atoms with van der Waals surface area (Å²) in [5.41, 5.74) is 0.130. The summed E-state index contributed by atoms with van der Waals surface area (Å²) in [6.45, 7) is 0. The molecule has 0 amide bonds. The Hall–Kier alpha value is -3.45. The topological polar surface area (TPSA) is 103 Å².